The van der Waals surface area contributed by atoms with Crippen LogP contribution in [-0.4, -0.2) is 28.3 Å². The highest BCUT2D eigenvalue weighted by Gasteiger charge is 2.21. The lowest BCUT2D eigenvalue weighted by atomic mass is 10.1. The Hall–Kier alpha value is -3.92. The Morgan fingerprint density at radius 2 is 1.79 bits per heavy atom. The summed E-state index contributed by atoms with van der Waals surface area (Å²) in [6.45, 7) is 3.10. The number of carbonyl (C=O) groups is 2. The Kier molecular flexibility index (Phi) is 6.05. The quantitative estimate of drug-likeness (QED) is 0.653. The number of hydrogen-bond donors (Lipinski definition) is 1. The molecule has 7 heteroatoms. The minimum absolute atomic E-state index is 0.307. The molecule has 0 aliphatic rings. The molecule has 29 heavy (non-hydrogen) atoms. The van der Waals surface area contributed by atoms with Crippen LogP contribution in [-0.2, 0) is 16.0 Å². The van der Waals surface area contributed by atoms with Gasteiger partial charge in [0.2, 0.25) is 0 Å². The summed E-state index contributed by atoms with van der Waals surface area (Å²) in [7, 11) is 0. The van der Waals surface area contributed by atoms with Crippen LogP contribution in [0, 0.1) is 25.2 Å². The van der Waals surface area contributed by atoms with E-state index >= 15 is 0 Å². The smallest absolute Gasteiger partial charge is 0.342 e. The molecule has 0 bridgehead atoms. The first-order valence-corrected chi connectivity index (χ1v) is 9.04. The van der Waals surface area contributed by atoms with E-state index in [-0.39, 0.29) is 0 Å². The largest absolute Gasteiger partial charge is 0.452 e. The number of para-hydroxylation sites is 1. The van der Waals surface area contributed by atoms with Crippen LogP contribution in [0.4, 0.5) is 5.69 Å². The Morgan fingerprint density at radius 1 is 1.10 bits per heavy atom. The van der Waals surface area contributed by atoms with Gasteiger partial charge in [-0.05, 0) is 43.7 Å². The van der Waals surface area contributed by atoms with Gasteiger partial charge in [0.25, 0.3) is 5.91 Å². The van der Waals surface area contributed by atoms with Crippen molar-refractivity contribution in [2.75, 3.05) is 11.9 Å². The number of amides is 1. The highest BCUT2D eigenvalue weighted by atomic mass is 16.5. The van der Waals surface area contributed by atoms with Crippen LogP contribution in [0.25, 0.3) is 5.69 Å². The molecule has 1 amide bonds. The molecule has 0 aliphatic carbocycles. The molecule has 0 aliphatic heterocycles. The number of rotatable bonds is 6. The van der Waals surface area contributed by atoms with E-state index in [0.29, 0.717) is 29.1 Å². The summed E-state index contributed by atoms with van der Waals surface area (Å²) in [6, 6.07) is 18.4. The predicted octanol–water partition coefficient (Wildman–Crippen LogP) is 3.35. The molecule has 3 rings (SSSR count). The number of nitrogens with zero attached hydrogens (tertiary/aromatic N) is 3. The molecule has 0 saturated heterocycles. The topological polar surface area (TPSA) is 97.0 Å². The molecule has 146 valence electrons. The van der Waals surface area contributed by atoms with Crippen LogP contribution in [0.1, 0.15) is 27.3 Å². The van der Waals surface area contributed by atoms with Crippen LogP contribution < -0.4 is 5.32 Å². The third kappa shape index (κ3) is 4.68. The Bertz CT molecular complexity index is 1060. The monoisotopic (exact) mass is 388 g/mol. The van der Waals surface area contributed by atoms with Gasteiger partial charge in [0.1, 0.15) is 5.56 Å². The maximum Gasteiger partial charge on any atom is 0.342 e. The van der Waals surface area contributed by atoms with Gasteiger partial charge in [0, 0.05) is 5.69 Å². The summed E-state index contributed by atoms with van der Waals surface area (Å²) in [5.41, 5.74) is 3.79. The SMILES string of the molecule is Cc1nn(-c2ccccc2)c(C)c1C(=O)OCC(=O)Nc1ccc(CC#N)cc1. The van der Waals surface area contributed by atoms with Gasteiger partial charge < -0.3 is 10.1 Å². The first-order chi connectivity index (χ1) is 14.0. The number of nitriles is 1. The summed E-state index contributed by atoms with van der Waals surface area (Å²) >= 11 is 0. The fraction of sp³-hybridized carbons (Fsp3) is 0.182. The van der Waals surface area contributed by atoms with E-state index in [1.165, 1.54) is 0 Å². The predicted molar refractivity (Wildman–Crippen MR) is 108 cm³/mol. The molecule has 3 aromatic rings. The maximum absolute atomic E-state index is 12.5. The second-order valence-corrected chi connectivity index (χ2v) is 6.45. The zero-order valence-corrected chi connectivity index (χ0v) is 16.2. The molecule has 1 heterocycles. The van der Waals surface area contributed by atoms with Gasteiger partial charge in [0.15, 0.2) is 6.61 Å². The van der Waals surface area contributed by atoms with E-state index in [4.69, 9.17) is 10.00 Å². The average Bonchev–Trinajstić information content (AvgIpc) is 3.03. The number of carbonyl (C=O) groups excluding carboxylic acids is 2. The summed E-state index contributed by atoms with van der Waals surface area (Å²) < 4.78 is 6.86. The Labute approximate surface area is 168 Å². The molecule has 7 nitrogen and oxygen atoms in total. The van der Waals surface area contributed by atoms with Gasteiger partial charge in [-0.2, -0.15) is 10.4 Å². The van der Waals surface area contributed by atoms with Crippen molar-refractivity contribution in [2.45, 2.75) is 20.3 Å². The van der Waals surface area contributed by atoms with Crippen LogP contribution in [0.2, 0.25) is 0 Å². The maximum atomic E-state index is 12.5. The minimum atomic E-state index is -0.596. The molecule has 1 aromatic heterocycles. The highest BCUT2D eigenvalue weighted by molar-refractivity contribution is 5.96. The van der Waals surface area contributed by atoms with Crippen molar-refractivity contribution in [3.8, 4) is 11.8 Å². The Morgan fingerprint density at radius 3 is 2.45 bits per heavy atom. The van der Waals surface area contributed by atoms with Crippen molar-refractivity contribution in [3.63, 3.8) is 0 Å². The van der Waals surface area contributed by atoms with E-state index in [9.17, 15) is 9.59 Å². The lowest BCUT2D eigenvalue weighted by Crippen LogP contribution is -2.21. The van der Waals surface area contributed by atoms with Crippen LogP contribution in [0.15, 0.2) is 54.6 Å². The van der Waals surface area contributed by atoms with Crippen LogP contribution >= 0.6 is 0 Å². The van der Waals surface area contributed by atoms with Gasteiger partial charge in [-0.3, -0.25) is 4.79 Å². The first kappa shape index (κ1) is 19.8. The van der Waals surface area contributed by atoms with E-state index in [2.05, 4.69) is 16.5 Å². The van der Waals surface area contributed by atoms with Gasteiger partial charge >= 0.3 is 5.97 Å². The second-order valence-electron chi connectivity index (χ2n) is 6.45. The van der Waals surface area contributed by atoms with E-state index < -0.39 is 18.5 Å². The van der Waals surface area contributed by atoms with E-state index in [1.54, 1.807) is 42.8 Å². The zero-order chi connectivity index (χ0) is 20.8. The molecule has 0 radical (unpaired) electrons. The summed E-state index contributed by atoms with van der Waals surface area (Å²) in [5.74, 6) is -1.04. The summed E-state index contributed by atoms with van der Waals surface area (Å²) in [4.78, 5) is 24.6. The first-order valence-electron chi connectivity index (χ1n) is 9.04. The third-order valence-electron chi connectivity index (χ3n) is 4.35. The van der Waals surface area contributed by atoms with E-state index in [1.807, 2.05) is 30.3 Å². The van der Waals surface area contributed by atoms with Crippen molar-refractivity contribution in [2.24, 2.45) is 0 Å². The molecule has 0 atom stereocenters. The number of anilines is 1. The number of hydrogen-bond acceptors (Lipinski definition) is 5. The highest BCUT2D eigenvalue weighted by Crippen LogP contribution is 2.19. The van der Waals surface area contributed by atoms with Gasteiger partial charge in [-0.1, -0.05) is 30.3 Å². The molecular weight excluding hydrogens is 368 g/mol. The number of benzene rings is 2. The van der Waals surface area contributed by atoms with Gasteiger partial charge in [-0.25, -0.2) is 9.48 Å². The normalized spacial score (nSPS) is 10.2. The van der Waals surface area contributed by atoms with Crippen molar-refractivity contribution in [1.82, 2.24) is 9.78 Å². The lowest BCUT2D eigenvalue weighted by molar-refractivity contribution is -0.119. The number of ether oxygens (including phenoxy) is 1. The summed E-state index contributed by atoms with van der Waals surface area (Å²) in [6.07, 6.45) is 0.307. The molecule has 0 unspecified atom stereocenters. The zero-order valence-electron chi connectivity index (χ0n) is 16.2. The molecule has 0 spiro atoms. The lowest BCUT2D eigenvalue weighted by Gasteiger charge is -2.08. The fourth-order valence-electron chi connectivity index (χ4n) is 2.96. The summed E-state index contributed by atoms with van der Waals surface area (Å²) in [5, 5.41) is 15.8. The molecule has 0 saturated carbocycles. The van der Waals surface area contributed by atoms with Crippen molar-refractivity contribution < 1.29 is 14.3 Å². The minimum Gasteiger partial charge on any atom is -0.452 e. The molecule has 0 fully saturated rings. The Balaban J connectivity index is 1.63. The number of aryl methyl sites for hydroxylation is 1. The molecular formula is C22H20N4O3. The molecule has 2 aromatic carbocycles. The number of nitrogens with one attached hydrogen (secondary N) is 1. The standard InChI is InChI=1S/C22H20N4O3/c1-15-21(16(2)26(25-15)19-6-4-3-5-7-19)22(28)29-14-20(27)24-18-10-8-17(9-11-18)12-13-23/h3-11H,12,14H2,1-2H3,(H,24,27). The second kappa shape index (κ2) is 8.85. The third-order valence-corrected chi connectivity index (χ3v) is 4.35. The van der Waals surface area contributed by atoms with Crippen molar-refractivity contribution in [3.05, 3.63) is 77.1 Å². The van der Waals surface area contributed by atoms with Crippen LogP contribution in [0.3, 0.4) is 0 Å². The van der Waals surface area contributed by atoms with Crippen LogP contribution in [0.5, 0.6) is 0 Å². The van der Waals surface area contributed by atoms with Crippen molar-refractivity contribution >= 4 is 17.6 Å². The van der Waals surface area contributed by atoms with E-state index in [0.717, 1.165) is 11.3 Å². The van der Waals surface area contributed by atoms with Crippen molar-refractivity contribution in [1.29, 1.82) is 5.26 Å². The average molecular weight is 388 g/mol. The van der Waals surface area contributed by atoms with Gasteiger partial charge in [-0.15, -0.1) is 0 Å². The molecule has 1 N–H and O–H groups in total. The number of aromatic nitrogens is 2. The fourth-order valence-corrected chi connectivity index (χ4v) is 2.96. The number of esters is 1. The van der Waals surface area contributed by atoms with Gasteiger partial charge in [0.05, 0.1) is 29.6 Å².